The Morgan fingerprint density at radius 2 is 1.94 bits per heavy atom. The molecule has 5 rings (SSSR count). The molecule has 2 saturated heterocycles. The summed E-state index contributed by atoms with van der Waals surface area (Å²) in [5.41, 5.74) is 2.24. The van der Waals surface area contributed by atoms with Crippen molar-refractivity contribution in [2.24, 2.45) is 11.3 Å². The smallest absolute Gasteiger partial charge is 0.306 e. The first-order valence-electron chi connectivity index (χ1n) is 11.9. The van der Waals surface area contributed by atoms with Gasteiger partial charge < -0.3 is 10.0 Å². The van der Waals surface area contributed by atoms with Crippen molar-refractivity contribution in [3.8, 4) is 0 Å². The number of piperidine rings is 2. The molecule has 178 valence electrons. The van der Waals surface area contributed by atoms with E-state index in [-0.39, 0.29) is 29.6 Å². The second-order valence-electron chi connectivity index (χ2n) is 10.3. The summed E-state index contributed by atoms with van der Waals surface area (Å²) in [4.78, 5) is 52.8. The van der Waals surface area contributed by atoms with Gasteiger partial charge in [0.05, 0.1) is 17.2 Å². The van der Waals surface area contributed by atoms with E-state index in [0.717, 1.165) is 42.4 Å². The number of amides is 3. The van der Waals surface area contributed by atoms with E-state index in [0.29, 0.717) is 24.1 Å². The normalized spacial score (nSPS) is 22.8. The Balaban J connectivity index is 1.41. The van der Waals surface area contributed by atoms with Gasteiger partial charge in [-0.25, -0.2) is 0 Å². The zero-order valence-electron chi connectivity index (χ0n) is 19.5. The van der Waals surface area contributed by atoms with E-state index < -0.39 is 17.9 Å². The molecule has 0 bridgehead atoms. The van der Waals surface area contributed by atoms with E-state index in [1.165, 1.54) is 0 Å². The highest BCUT2D eigenvalue weighted by Crippen LogP contribution is 2.43. The summed E-state index contributed by atoms with van der Waals surface area (Å²) in [5, 5.41) is 13.5. The first-order valence-corrected chi connectivity index (χ1v) is 11.9. The minimum absolute atomic E-state index is 0.0203. The summed E-state index contributed by atoms with van der Waals surface area (Å²) in [7, 11) is 0. The van der Waals surface area contributed by atoms with Crippen molar-refractivity contribution in [3.63, 3.8) is 0 Å². The van der Waals surface area contributed by atoms with Crippen molar-refractivity contribution in [2.75, 3.05) is 22.9 Å². The molecule has 2 unspecified atom stereocenters. The molecule has 8 heteroatoms. The second kappa shape index (κ2) is 8.11. The van der Waals surface area contributed by atoms with E-state index in [4.69, 9.17) is 0 Å². The van der Waals surface area contributed by atoms with E-state index >= 15 is 0 Å². The van der Waals surface area contributed by atoms with Crippen molar-refractivity contribution in [1.82, 2.24) is 5.32 Å². The average Bonchev–Trinajstić information content (AvgIpc) is 3.07. The van der Waals surface area contributed by atoms with E-state index in [2.05, 4.69) is 23.2 Å². The fraction of sp³-hybridized carbons (Fsp3) is 0.462. The Kier molecular flexibility index (Phi) is 5.34. The van der Waals surface area contributed by atoms with Gasteiger partial charge in [0, 0.05) is 30.6 Å². The molecule has 0 radical (unpaired) electrons. The molecule has 0 aliphatic carbocycles. The lowest BCUT2D eigenvalue weighted by atomic mass is 9.74. The molecule has 8 nitrogen and oxygen atoms in total. The number of carboxylic acid groups (broad SMARTS) is 1. The molecule has 2 aromatic carbocycles. The SMILES string of the molecule is CC(CC1(C)CCN(c2cc3c4c(cccc4c2)N(C2CCC(=O)NC2=O)C3=O)CC1)C(=O)O. The van der Waals surface area contributed by atoms with Gasteiger partial charge in [-0.2, -0.15) is 0 Å². The zero-order valence-corrected chi connectivity index (χ0v) is 19.5. The number of carbonyl (C=O) groups excluding carboxylic acids is 3. The third kappa shape index (κ3) is 3.71. The molecule has 0 aromatic heterocycles. The van der Waals surface area contributed by atoms with Crippen LogP contribution in [0.3, 0.4) is 0 Å². The van der Waals surface area contributed by atoms with Crippen molar-refractivity contribution >= 4 is 45.8 Å². The number of hydrogen-bond donors (Lipinski definition) is 2. The van der Waals surface area contributed by atoms with Gasteiger partial charge in [-0.1, -0.05) is 26.0 Å². The third-order valence-corrected chi connectivity index (χ3v) is 7.73. The predicted molar refractivity (Wildman–Crippen MR) is 128 cm³/mol. The molecule has 3 heterocycles. The lowest BCUT2D eigenvalue weighted by Gasteiger charge is -2.41. The van der Waals surface area contributed by atoms with Crippen molar-refractivity contribution in [2.45, 2.75) is 52.0 Å². The molecule has 2 fully saturated rings. The van der Waals surface area contributed by atoms with Crippen LogP contribution in [-0.2, 0) is 14.4 Å². The molecule has 3 aliphatic rings. The Morgan fingerprint density at radius 1 is 1.21 bits per heavy atom. The maximum Gasteiger partial charge on any atom is 0.306 e. The highest BCUT2D eigenvalue weighted by Gasteiger charge is 2.41. The molecule has 0 saturated carbocycles. The lowest BCUT2D eigenvalue weighted by molar-refractivity contribution is -0.142. The number of benzene rings is 2. The lowest BCUT2D eigenvalue weighted by Crippen LogP contribution is -2.53. The Bertz CT molecular complexity index is 1210. The predicted octanol–water partition coefficient (Wildman–Crippen LogP) is 3.32. The van der Waals surface area contributed by atoms with E-state index in [9.17, 15) is 24.3 Å². The fourth-order valence-electron chi connectivity index (χ4n) is 5.76. The van der Waals surface area contributed by atoms with Gasteiger partial charge in [0.2, 0.25) is 11.8 Å². The Hall–Kier alpha value is -3.42. The number of hydrogen-bond acceptors (Lipinski definition) is 5. The highest BCUT2D eigenvalue weighted by atomic mass is 16.4. The summed E-state index contributed by atoms with van der Waals surface area (Å²) < 4.78 is 0. The van der Waals surface area contributed by atoms with Gasteiger partial charge in [-0.05, 0) is 54.7 Å². The second-order valence-corrected chi connectivity index (χ2v) is 10.3. The number of carbonyl (C=O) groups is 4. The fourth-order valence-corrected chi connectivity index (χ4v) is 5.76. The van der Waals surface area contributed by atoms with Gasteiger partial charge in [-0.3, -0.25) is 29.4 Å². The number of nitrogens with zero attached hydrogens (tertiary/aromatic N) is 2. The van der Waals surface area contributed by atoms with E-state index in [1.807, 2.05) is 24.3 Å². The molecule has 2 aromatic rings. The molecule has 3 amide bonds. The van der Waals surface area contributed by atoms with Crippen molar-refractivity contribution < 1.29 is 24.3 Å². The van der Waals surface area contributed by atoms with Crippen LogP contribution in [0.1, 0.15) is 56.3 Å². The number of aliphatic carboxylic acids is 1. The molecular weight excluding hydrogens is 434 g/mol. The molecule has 3 aliphatic heterocycles. The maximum absolute atomic E-state index is 13.5. The quantitative estimate of drug-likeness (QED) is 0.659. The van der Waals surface area contributed by atoms with Crippen LogP contribution < -0.4 is 15.1 Å². The van der Waals surface area contributed by atoms with Gasteiger partial charge in [-0.15, -0.1) is 0 Å². The summed E-state index contributed by atoms with van der Waals surface area (Å²) in [6, 6.07) is 9.04. The molecule has 0 spiro atoms. The minimum Gasteiger partial charge on any atom is -0.481 e. The van der Waals surface area contributed by atoms with Crippen LogP contribution in [0.4, 0.5) is 11.4 Å². The van der Waals surface area contributed by atoms with Gasteiger partial charge in [0.1, 0.15) is 6.04 Å². The first-order chi connectivity index (χ1) is 16.2. The number of nitrogens with one attached hydrogen (secondary N) is 1. The Morgan fingerprint density at radius 3 is 2.62 bits per heavy atom. The van der Waals surface area contributed by atoms with Crippen LogP contribution in [0.5, 0.6) is 0 Å². The van der Waals surface area contributed by atoms with Crippen molar-refractivity contribution in [1.29, 1.82) is 0 Å². The maximum atomic E-state index is 13.5. The number of imide groups is 1. The van der Waals surface area contributed by atoms with Crippen LogP contribution in [0.2, 0.25) is 0 Å². The third-order valence-electron chi connectivity index (χ3n) is 7.73. The van der Waals surface area contributed by atoms with Crippen molar-refractivity contribution in [3.05, 3.63) is 35.9 Å². The Labute approximate surface area is 197 Å². The summed E-state index contributed by atoms with van der Waals surface area (Å²) in [5.74, 6) is -2.07. The summed E-state index contributed by atoms with van der Waals surface area (Å²) >= 11 is 0. The average molecular weight is 464 g/mol. The van der Waals surface area contributed by atoms with Crippen LogP contribution >= 0.6 is 0 Å². The standard InChI is InChI=1S/C26H29N3O5/c1-15(25(33)34)14-26(2)8-10-28(11-9-26)17-12-16-4-3-5-19-22(16)18(13-17)24(32)29(19)20-6-7-21(30)27-23(20)31/h3-5,12-13,15,20H,6-11,14H2,1-2H3,(H,33,34)(H,27,30,31). The van der Waals surface area contributed by atoms with Crippen LogP contribution in [0.15, 0.2) is 30.3 Å². The highest BCUT2D eigenvalue weighted by molar-refractivity contribution is 6.27. The first kappa shape index (κ1) is 22.4. The van der Waals surface area contributed by atoms with Crippen LogP contribution in [0, 0.1) is 11.3 Å². The van der Waals surface area contributed by atoms with Crippen LogP contribution in [0.25, 0.3) is 10.8 Å². The largest absolute Gasteiger partial charge is 0.481 e. The van der Waals surface area contributed by atoms with Crippen LogP contribution in [-0.4, -0.2) is 47.9 Å². The molecule has 2 N–H and O–H groups in total. The number of carboxylic acids is 1. The molecular formula is C26H29N3O5. The summed E-state index contributed by atoms with van der Waals surface area (Å²) in [6.45, 7) is 5.51. The van der Waals surface area contributed by atoms with E-state index in [1.54, 1.807) is 11.8 Å². The monoisotopic (exact) mass is 463 g/mol. The summed E-state index contributed by atoms with van der Waals surface area (Å²) in [6.07, 6.45) is 2.95. The van der Waals surface area contributed by atoms with Gasteiger partial charge >= 0.3 is 5.97 Å². The minimum atomic E-state index is -0.754. The molecule has 34 heavy (non-hydrogen) atoms. The topological polar surface area (TPSA) is 107 Å². The van der Waals surface area contributed by atoms with Gasteiger partial charge in [0.25, 0.3) is 5.91 Å². The zero-order chi connectivity index (χ0) is 24.2. The van der Waals surface area contributed by atoms with Gasteiger partial charge in [0.15, 0.2) is 0 Å². The number of anilines is 2. The number of rotatable bonds is 5. The molecule has 2 atom stereocenters.